The zero-order valence-electron chi connectivity index (χ0n) is 12.3. The van der Waals surface area contributed by atoms with Crippen molar-refractivity contribution in [2.45, 2.75) is 37.4 Å². The number of hydrogen-bond donors (Lipinski definition) is 1. The molecule has 1 fully saturated rings. The smallest absolute Gasteiger partial charge is 0.335 e. The van der Waals surface area contributed by atoms with Crippen LogP contribution < -0.4 is 0 Å². The van der Waals surface area contributed by atoms with Gasteiger partial charge in [-0.05, 0) is 38.5 Å². The third-order valence-corrected chi connectivity index (χ3v) is 5.53. The second kappa shape index (κ2) is 6.54. The fourth-order valence-corrected chi connectivity index (χ4v) is 4.32. The standard InChI is InChI=1S/C14H18ClNO5S/c1-9-3-4-16(8-10(2)21-9)22(19,20)13-6-11(14(17)18)5-12(15)7-13/h5-7,9-10H,3-4,8H2,1-2H3,(H,17,18)/t9-,10+/m1/s1. The Bertz CT molecular complexity index is 676. The Hall–Kier alpha value is -1.15. The summed E-state index contributed by atoms with van der Waals surface area (Å²) in [6.07, 6.45) is 0.324. The van der Waals surface area contributed by atoms with Gasteiger partial charge in [0.25, 0.3) is 0 Å². The van der Waals surface area contributed by atoms with E-state index in [-0.39, 0.29) is 34.2 Å². The Morgan fingerprint density at radius 1 is 1.32 bits per heavy atom. The number of sulfonamides is 1. The molecule has 1 aromatic rings. The van der Waals surface area contributed by atoms with Gasteiger partial charge in [0.2, 0.25) is 10.0 Å². The lowest BCUT2D eigenvalue weighted by Crippen LogP contribution is -2.36. The molecule has 0 radical (unpaired) electrons. The molecule has 6 nitrogen and oxygen atoms in total. The maximum Gasteiger partial charge on any atom is 0.335 e. The highest BCUT2D eigenvalue weighted by atomic mass is 35.5. The van der Waals surface area contributed by atoms with Crippen molar-refractivity contribution in [3.05, 3.63) is 28.8 Å². The molecule has 0 bridgehead atoms. The highest BCUT2D eigenvalue weighted by Crippen LogP contribution is 2.24. The highest BCUT2D eigenvalue weighted by Gasteiger charge is 2.30. The summed E-state index contributed by atoms with van der Waals surface area (Å²) in [5.74, 6) is -1.22. The Morgan fingerprint density at radius 2 is 2.00 bits per heavy atom. The molecule has 0 amide bonds. The number of hydrogen-bond acceptors (Lipinski definition) is 4. The molecular weight excluding hydrogens is 330 g/mol. The van der Waals surface area contributed by atoms with Crippen molar-refractivity contribution in [3.8, 4) is 0 Å². The molecule has 2 rings (SSSR count). The molecule has 1 aliphatic rings. The van der Waals surface area contributed by atoms with Crippen LogP contribution in [0, 0.1) is 0 Å². The van der Waals surface area contributed by atoms with Crippen molar-refractivity contribution in [1.29, 1.82) is 0 Å². The number of halogens is 1. The number of carboxylic acids is 1. The largest absolute Gasteiger partial charge is 0.478 e. The van der Waals surface area contributed by atoms with E-state index in [2.05, 4.69) is 0 Å². The minimum Gasteiger partial charge on any atom is -0.478 e. The number of carboxylic acid groups (broad SMARTS) is 1. The normalized spacial score (nSPS) is 24.0. The van der Waals surface area contributed by atoms with E-state index < -0.39 is 16.0 Å². The minimum absolute atomic E-state index is 0.0239. The summed E-state index contributed by atoms with van der Waals surface area (Å²) in [5, 5.41) is 9.12. The van der Waals surface area contributed by atoms with E-state index in [1.807, 2.05) is 13.8 Å². The van der Waals surface area contributed by atoms with E-state index in [0.717, 1.165) is 6.07 Å². The van der Waals surface area contributed by atoms with Gasteiger partial charge in [-0.25, -0.2) is 13.2 Å². The van der Waals surface area contributed by atoms with Crippen LogP contribution in [0.5, 0.6) is 0 Å². The predicted molar refractivity (Wildman–Crippen MR) is 81.8 cm³/mol. The van der Waals surface area contributed by atoms with E-state index in [1.165, 1.54) is 16.4 Å². The summed E-state index contributed by atoms with van der Waals surface area (Å²) in [5.41, 5.74) is -0.154. The molecule has 1 saturated heterocycles. The Morgan fingerprint density at radius 3 is 2.64 bits per heavy atom. The molecule has 8 heteroatoms. The summed E-state index contributed by atoms with van der Waals surface area (Å²) in [6, 6.07) is 3.62. The summed E-state index contributed by atoms with van der Waals surface area (Å²) < 4.78 is 32.4. The third-order valence-electron chi connectivity index (χ3n) is 3.47. The lowest BCUT2D eigenvalue weighted by Gasteiger charge is -2.22. The van der Waals surface area contributed by atoms with Crippen LogP contribution in [0.3, 0.4) is 0 Å². The second-order valence-electron chi connectivity index (χ2n) is 5.39. The van der Waals surface area contributed by atoms with Gasteiger partial charge in [-0.1, -0.05) is 11.6 Å². The minimum atomic E-state index is -3.81. The first kappa shape index (κ1) is 17.2. The molecule has 0 saturated carbocycles. The van der Waals surface area contributed by atoms with Crippen molar-refractivity contribution < 1.29 is 23.1 Å². The number of carbonyl (C=O) groups is 1. The summed E-state index contributed by atoms with van der Waals surface area (Å²) >= 11 is 5.85. The average Bonchev–Trinajstić information content (AvgIpc) is 2.59. The average molecular weight is 348 g/mol. The van der Waals surface area contributed by atoms with Crippen LogP contribution in [0.1, 0.15) is 30.6 Å². The molecule has 22 heavy (non-hydrogen) atoms. The zero-order chi connectivity index (χ0) is 16.5. The van der Waals surface area contributed by atoms with Crippen molar-refractivity contribution in [3.63, 3.8) is 0 Å². The van der Waals surface area contributed by atoms with Crippen molar-refractivity contribution in [2.24, 2.45) is 0 Å². The van der Waals surface area contributed by atoms with Gasteiger partial charge in [0.15, 0.2) is 0 Å². The highest BCUT2D eigenvalue weighted by molar-refractivity contribution is 7.89. The predicted octanol–water partition coefficient (Wildman–Crippen LogP) is 2.23. The molecule has 0 spiro atoms. The van der Waals surface area contributed by atoms with Crippen LogP contribution in [0.4, 0.5) is 0 Å². The quantitative estimate of drug-likeness (QED) is 0.906. The molecule has 0 unspecified atom stereocenters. The van der Waals surface area contributed by atoms with Crippen LogP contribution in [0.2, 0.25) is 5.02 Å². The molecule has 122 valence electrons. The van der Waals surface area contributed by atoms with Crippen LogP contribution in [-0.4, -0.2) is 49.1 Å². The molecule has 0 aliphatic carbocycles. The molecule has 1 aliphatic heterocycles. The zero-order valence-corrected chi connectivity index (χ0v) is 13.9. The summed E-state index contributed by atoms with van der Waals surface area (Å²) in [6.45, 7) is 4.25. The van der Waals surface area contributed by atoms with E-state index in [0.29, 0.717) is 13.0 Å². The van der Waals surface area contributed by atoms with E-state index >= 15 is 0 Å². The lowest BCUT2D eigenvalue weighted by molar-refractivity contribution is 0.0175. The number of rotatable bonds is 3. The summed E-state index contributed by atoms with van der Waals surface area (Å²) in [4.78, 5) is 11.0. The van der Waals surface area contributed by atoms with Gasteiger partial charge in [0.05, 0.1) is 22.7 Å². The fraction of sp³-hybridized carbons (Fsp3) is 0.500. The topological polar surface area (TPSA) is 83.9 Å². The molecule has 1 heterocycles. The Balaban J connectivity index is 2.39. The van der Waals surface area contributed by atoms with Gasteiger partial charge in [0, 0.05) is 18.1 Å². The van der Waals surface area contributed by atoms with Gasteiger partial charge in [0.1, 0.15) is 0 Å². The third kappa shape index (κ3) is 3.78. The maximum atomic E-state index is 12.7. The summed E-state index contributed by atoms with van der Waals surface area (Å²) in [7, 11) is -3.81. The van der Waals surface area contributed by atoms with Crippen molar-refractivity contribution >= 4 is 27.6 Å². The van der Waals surface area contributed by atoms with Crippen molar-refractivity contribution in [2.75, 3.05) is 13.1 Å². The second-order valence-corrected chi connectivity index (χ2v) is 7.76. The monoisotopic (exact) mass is 347 g/mol. The van der Waals surface area contributed by atoms with Gasteiger partial charge >= 0.3 is 5.97 Å². The van der Waals surface area contributed by atoms with Crippen molar-refractivity contribution in [1.82, 2.24) is 4.31 Å². The van der Waals surface area contributed by atoms with Gasteiger partial charge in [-0.3, -0.25) is 0 Å². The van der Waals surface area contributed by atoms with Gasteiger partial charge < -0.3 is 9.84 Å². The van der Waals surface area contributed by atoms with Gasteiger partial charge in [-0.2, -0.15) is 4.31 Å². The fourth-order valence-electron chi connectivity index (χ4n) is 2.41. The molecule has 0 aromatic heterocycles. The van der Waals surface area contributed by atoms with Crippen LogP contribution in [0.15, 0.2) is 23.1 Å². The first-order chi connectivity index (χ1) is 10.2. The lowest BCUT2D eigenvalue weighted by atomic mass is 10.2. The number of aromatic carboxylic acids is 1. The van der Waals surface area contributed by atoms with Crippen LogP contribution >= 0.6 is 11.6 Å². The Kier molecular flexibility index (Phi) is 5.11. The molecule has 2 atom stereocenters. The van der Waals surface area contributed by atoms with E-state index in [1.54, 1.807) is 0 Å². The Labute approximate surface area is 134 Å². The molecular formula is C14H18ClNO5S. The van der Waals surface area contributed by atoms with Crippen LogP contribution in [0.25, 0.3) is 0 Å². The molecule has 1 N–H and O–H groups in total. The van der Waals surface area contributed by atoms with Gasteiger partial charge in [-0.15, -0.1) is 0 Å². The molecule has 1 aromatic carbocycles. The van der Waals surface area contributed by atoms with Crippen LogP contribution in [-0.2, 0) is 14.8 Å². The first-order valence-corrected chi connectivity index (χ1v) is 8.71. The first-order valence-electron chi connectivity index (χ1n) is 6.89. The maximum absolute atomic E-state index is 12.7. The van der Waals surface area contributed by atoms with E-state index in [4.69, 9.17) is 21.4 Å². The SMILES string of the molecule is C[C@@H]1CCN(S(=O)(=O)c2cc(Cl)cc(C(=O)O)c2)C[C@H](C)O1. The number of ether oxygens (including phenoxy) is 1. The van der Waals surface area contributed by atoms with E-state index in [9.17, 15) is 13.2 Å². The number of nitrogens with zero attached hydrogens (tertiary/aromatic N) is 1. The number of benzene rings is 1.